The summed E-state index contributed by atoms with van der Waals surface area (Å²) in [7, 11) is -1.59. The molecule has 0 amide bonds. The highest BCUT2D eigenvalue weighted by Crippen LogP contribution is 2.25. The quantitative estimate of drug-likeness (QED) is 0.439. The van der Waals surface area contributed by atoms with Gasteiger partial charge in [0.15, 0.2) is 0 Å². The summed E-state index contributed by atoms with van der Waals surface area (Å²) in [6, 6.07) is 21.3. The third kappa shape index (κ3) is 2.46. The number of hydrogen-bond donors (Lipinski definition) is 2. The maximum absolute atomic E-state index is 9.36. The Hall–Kier alpha value is -2.76. The predicted molar refractivity (Wildman–Crippen MR) is 92.3 cm³/mol. The molecule has 0 atom stereocenters. The van der Waals surface area contributed by atoms with Gasteiger partial charge in [-0.2, -0.15) is 0 Å². The number of pyridine rings is 2. The zero-order chi connectivity index (χ0) is 15.8. The largest absolute Gasteiger partial charge is 0.508 e. The third-order valence-corrected chi connectivity index (χ3v) is 3.88. The molecule has 4 rings (SSSR count). The van der Waals surface area contributed by atoms with Crippen molar-refractivity contribution in [1.82, 2.24) is 9.97 Å². The molecule has 110 valence electrons. The first-order valence-electron chi connectivity index (χ1n) is 7.34. The molecule has 0 unspecified atom stereocenters. The summed E-state index contributed by atoms with van der Waals surface area (Å²) in [6.45, 7) is 0. The SMILES string of the molecule is OB(O)c1ccc2ccc3ccc(-c4ccccc4)nc3c2n1. The summed E-state index contributed by atoms with van der Waals surface area (Å²) in [5, 5.41) is 20.6. The third-order valence-electron chi connectivity index (χ3n) is 3.88. The van der Waals surface area contributed by atoms with E-state index in [1.807, 2.05) is 60.7 Å². The molecule has 4 nitrogen and oxygen atoms in total. The fourth-order valence-electron chi connectivity index (χ4n) is 2.70. The average Bonchev–Trinajstić information content (AvgIpc) is 2.61. The van der Waals surface area contributed by atoms with Crippen molar-refractivity contribution >= 4 is 34.5 Å². The van der Waals surface area contributed by atoms with Gasteiger partial charge < -0.3 is 10.0 Å². The van der Waals surface area contributed by atoms with Crippen LogP contribution in [0.3, 0.4) is 0 Å². The predicted octanol–water partition coefficient (Wildman–Crippen LogP) is 2.13. The lowest BCUT2D eigenvalue weighted by Crippen LogP contribution is -2.32. The Balaban J connectivity index is 2.01. The molecule has 2 N–H and O–H groups in total. The second-order valence-electron chi connectivity index (χ2n) is 5.38. The van der Waals surface area contributed by atoms with E-state index in [0.717, 1.165) is 27.5 Å². The van der Waals surface area contributed by atoms with E-state index in [2.05, 4.69) is 4.98 Å². The Morgan fingerprint density at radius 3 is 1.96 bits per heavy atom. The molecule has 0 aliphatic heterocycles. The minimum absolute atomic E-state index is 0.219. The molecular weight excluding hydrogens is 287 g/mol. The lowest BCUT2D eigenvalue weighted by Gasteiger charge is -2.07. The topological polar surface area (TPSA) is 66.2 Å². The van der Waals surface area contributed by atoms with E-state index >= 15 is 0 Å². The van der Waals surface area contributed by atoms with Crippen molar-refractivity contribution in [1.29, 1.82) is 0 Å². The minimum Gasteiger partial charge on any atom is -0.422 e. The fourth-order valence-corrected chi connectivity index (χ4v) is 2.70. The second kappa shape index (κ2) is 5.46. The molecule has 23 heavy (non-hydrogen) atoms. The molecule has 5 heteroatoms. The monoisotopic (exact) mass is 300 g/mol. The van der Waals surface area contributed by atoms with Crippen LogP contribution in [-0.4, -0.2) is 27.1 Å². The van der Waals surface area contributed by atoms with Crippen LogP contribution in [0.1, 0.15) is 0 Å². The van der Waals surface area contributed by atoms with Crippen LogP contribution in [0.5, 0.6) is 0 Å². The first-order chi connectivity index (χ1) is 11.2. The van der Waals surface area contributed by atoms with E-state index in [1.165, 1.54) is 0 Å². The van der Waals surface area contributed by atoms with Crippen molar-refractivity contribution < 1.29 is 10.0 Å². The highest BCUT2D eigenvalue weighted by atomic mass is 16.4. The molecule has 0 fully saturated rings. The van der Waals surface area contributed by atoms with Crippen molar-refractivity contribution in [3.05, 3.63) is 66.7 Å². The molecule has 2 heterocycles. The van der Waals surface area contributed by atoms with Crippen molar-refractivity contribution in [2.45, 2.75) is 0 Å². The van der Waals surface area contributed by atoms with Crippen molar-refractivity contribution in [2.75, 3.05) is 0 Å². The number of benzene rings is 2. The first-order valence-corrected chi connectivity index (χ1v) is 7.34. The van der Waals surface area contributed by atoms with Gasteiger partial charge >= 0.3 is 7.12 Å². The summed E-state index contributed by atoms with van der Waals surface area (Å²) in [5.74, 6) is 0. The molecule has 0 aliphatic carbocycles. The van der Waals surface area contributed by atoms with Crippen molar-refractivity contribution in [3.63, 3.8) is 0 Å². The maximum Gasteiger partial charge on any atom is 0.508 e. The van der Waals surface area contributed by atoms with E-state index in [0.29, 0.717) is 5.52 Å². The van der Waals surface area contributed by atoms with Gasteiger partial charge in [-0.25, -0.2) is 4.98 Å². The lowest BCUT2D eigenvalue weighted by molar-refractivity contribution is 0.424. The summed E-state index contributed by atoms with van der Waals surface area (Å²) >= 11 is 0. The number of nitrogens with zero attached hydrogens (tertiary/aromatic N) is 2. The number of aromatic nitrogens is 2. The van der Waals surface area contributed by atoms with Crippen LogP contribution in [0.15, 0.2) is 66.7 Å². The van der Waals surface area contributed by atoms with E-state index in [-0.39, 0.29) is 5.59 Å². The lowest BCUT2D eigenvalue weighted by atomic mass is 9.85. The molecule has 0 saturated heterocycles. The van der Waals surface area contributed by atoms with Gasteiger partial charge in [0.1, 0.15) is 0 Å². The van der Waals surface area contributed by atoms with Gasteiger partial charge in [-0.3, -0.25) is 4.98 Å². The van der Waals surface area contributed by atoms with Crippen LogP contribution in [0.4, 0.5) is 0 Å². The Morgan fingerprint density at radius 1 is 0.652 bits per heavy atom. The fraction of sp³-hybridized carbons (Fsp3) is 0. The van der Waals surface area contributed by atoms with Crippen molar-refractivity contribution in [3.8, 4) is 11.3 Å². The van der Waals surface area contributed by atoms with E-state index in [9.17, 15) is 10.0 Å². The highest BCUT2D eigenvalue weighted by Gasteiger charge is 2.14. The Kier molecular flexibility index (Phi) is 3.30. The normalized spacial score (nSPS) is 11.0. The Morgan fingerprint density at radius 2 is 1.26 bits per heavy atom. The highest BCUT2D eigenvalue weighted by molar-refractivity contribution is 6.57. The molecule has 2 aromatic heterocycles. The molecule has 0 saturated carbocycles. The van der Waals surface area contributed by atoms with Crippen LogP contribution in [0.25, 0.3) is 33.1 Å². The van der Waals surface area contributed by atoms with Crippen LogP contribution >= 0.6 is 0 Å². The molecular formula is C18H13BN2O2. The summed E-state index contributed by atoms with van der Waals surface area (Å²) in [4.78, 5) is 9.12. The Labute approximate surface area is 133 Å². The van der Waals surface area contributed by atoms with Gasteiger partial charge in [0, 0.05) is 16.3 Å². The van der Waals surface area contributed by atoms with Gasteiger partial charge in [0.2, 0.25) is 0 Å². The molecule has 0 spiro atoms. The standard InChI is InChI=1S/C18H13BN2O2/c22-19(23)16-11-9-14-7-6-13-8-10-15(12-4-2-1-3-5-12)20-17(13)18(14)21-16/h1-11,22-23H. The van der Waals surface area contributed by atoms with Gasteiger partial charge in [0.05, 0.1) is 22.3 Å². The van der Waals surface area contributed by atoms with Gasteiger partial charge in [0.25, 0.3) is 0 Å². The average molecular weight is 300 g/mol. The van der Waals surface area contributed by atoms with E-state index in [4.69, 9.17) is 4.98 Å². The van der Waals surface area contributed by atoms with Crippen LogP contribution in [0, 0.1) is 0 Å². The van der Waals surface area contributed by atoms with Gasteiger partial charge in [-0.1, -0.05) is 54.6 Å². The first kappa shape index (κ1) is 13.9. The smallest absolute Gasteiger partial charge is 0.422 e. The minimum atomic E-state index is -1.59. The summed E-state index contributed by atoms with van der Waals surface area (Å²) in [6.07, 6.45) is 0. The molecule has 0 bridgehead atoms. The zero-order valence-electron chi connectivity index (χ0n) is 12.2. The van der Waals surface area contributed by atoms with Crippen LogP contribution in [0.2, 0.25) is 0 Å². The number of hydrogen-bond acceptors (Lipinski definition) is 4. The summed E-state index contributed by atoms with van der Waals surface area (Å²) < 4.78 is 0. The molecule has 2 aromatic carbocycles. The number of fused-ring (bicyclic) bond motifs is 3. The molecule has 0 radical (unpaired) electrons. The van der Waals surface area contributed by atoms with E-state index < -0.39 is 7.12 Å². The molecule has 4 aromatic rings. The molecule has 0 aliphatic rings. The Bertz CT molecular complexity index is 1000. The van der Waals surface area contributed by atoms with Crippen LogP contribution in [-0.2, 0) is 0 Å². The summed E-state index contributed by atoms with van der Waals surface area (Å²) in [5.41, 5.74) is 3.54. The van der Waals surface area contributed by atoms with Gasteiger partial charge in [-0.15, -0.1) is 0 Å². The van der Waals surface area contributed by atoms with Gasteiger partial charge in [-0.05, 0) is 12.1 Å². The second-order valence-corrected chi connectivity index (χ2v) is 5.38. The van der Waals surface area contributed by atoms with E-state index in [1.54, 1.807) is 6.07 Å². The van der Waals surface area contributed by atoms with Crippen molar-refractivity contribution in [2.24, 2.45) is 0 Å². The van der Waals surface area contributed by atoms with Crippen LogP contribution < -0.4 is 5.59 Å². The maximum atomic E-state index is 9.36. The number of rotatable bonds is 2. The zero-order valence-corrected chi connectivity index (χ0v) is 12.2.